The molecule has 3 N–H and O–H groups in total. The molecule has 1 aromatic rings. The van der Waals surface area contributed by atoms with Crippen LogP contribution in [0.5, 0.6) is 0 Å². The van der Waals surface area contributed by atoms with Crippen LogP contribution in [0.15, 0.2) is 6.20 Å². The van der Waals surface area contributed by atoms with E-state index >= 15 is 0 Å². The number of nitrogens with two attached hydrogens (primary N) is 1. The van der Waals surface area contributed by atoms with Crippen molar-refractivity contribution >= 4 is 36.3 Å². The third-order valence-corrected chi connectivity index (χ3v) is 1.83. The summed E-state index contributed by atoms with van der Waals surface area (Å²) in [5.41, 5.74) is 6.50. The van der Waals surface area contributed by atoms with Gasteiger partial charge in [-0.05, 0) is 20.3 Å². The first-order valence-electron chi connectivity index (χ1n) is 4.73. The Morgan fingerprint density at radius 3 is 2.47 bits per heavy atom. The zero-order chi connectivity index (χ0) is 9.84. The van der Waals surface area contributed by atoms with Gasteiger partial charge in [0.05, 0.1) is 11.9 Å². The average Bonchev–Trinajstić information content (AvgIpc) is 2.44. The Kier molecular flexibility index (Phi) is 8.57. The SMILES string of the molecule is CCCNc1nn(C(C)C)cc1N.Cl.Cl. The van der Waals surface area contributed by atoms with Crippen LogP contribution >= 0.6 is 24.8 Å². The third kappa shape index (κ3) is 4.62. The number of aromatic nitrogens is 2. The Bertz CT molecular complexity index is 273. The fourth-order valence-electron chi connectivity index (χ4n) is 1.05. The number of anilines is 2. The minimum Gasteiger partial charge on any atom is -0.394 e. The molecule has 6 heteroatoms. The van der Waals surface area contributed by atoms with Crippen molar-refractivity contribution in [2.75, 3.05) is 17.6 Å². The normalized spacial score (nSPS) is 9.33. The molecule has 90 valence electrons. The van der Waals surface area contributed by atoms with E-state index in [1.807, 2.05) is 10.9 Å². The van der Waals surface area contributed by atoms with Gasteiger partial charge in [-0.15, -0.1) is 24.8 Å². The fraction of sp³-hybridized carbons (Fsp3) is 0.667. The van der Waals surface area contributed by atoms with E-state index in [0.29, 0.717) is 6.04 Å². The molecule has 1 rings (SSSR count). The van der Waals surface area contributed by atoms with Crippen molar-refractivity contribution in [1.82, 2.24) is 9.78 Å². The van der Waals surface area contributed by atoms with Crippen molar-refractivity contribution in [3.05, 3.63) is 6.20 Å². The van der Waals surface area contributed by atoms with Crippen LogP contribution in [0, 0.1) is 0 Å². The van der Waals surface area contributed by atoms with Crippen LogP contribution < -0.4 is 11.1 Å². The van der Waals surface area contributed by atoms with Crippen LogP contribution in [-0.4, -0.2) is 16.3 Å². The van der Waals surface area contributed by atoms with Gasteiger partial charge in [-0.25, -0.2) is 0 Å². The molecule has 1 heterocycles. The fourth-order valence-corrected chi connectivity index (χ4v) is 1.05. The Morgan fingerprint density at radius 2 is 2.07 bits per heavy atom. The molecule has 0 radical (unpaired) electrons. The molecule has 0 atom stereocenters. The number of rotatable bonds is 4. The van der Waals surface area contributed by atoms with Gasteiger partial charge in [-0.3, -0.25) is 4.68 Å². The summed E-state index contributed by atoms with van der Waals surface area (Å²) < 4.78 is 1.87. The topological polar surface area (TPSA) is 55.9 Å². The molecule has 0 saturated carbocycles. The predicted molar refractivity (Wildman–Crippen MR) is 70.3 cm³/mol. The van der Waals surface area contributed by atoms with Gasteiger partial charge in [0, 0.05) is 12.6 Å². The van der Waals surface area contributed by atoms with Crippen LogP contribution in [0.1, 0.15) is 33.2 Å². The Morgan fingerprint density at radius 1 is 1.47 bits per heavy atom. The Hall–Kier alpha value is -0.610. The standard InChI is InChI=1S/C9H18N4.2ClH/c1-4-5-11-9-8(10)6-13(12-9)7(2)3;;/h6-7H,4-5,10H2,1-3H3,(H,11,12);2*1H. The largest absolute Gasteiger partial charge is 0.394 e. The van der Waals surface area contributed by atoms with E-state index in [1.165, 1.54) is 0 Å². The smallest absolute Gasteiger partial charge is 0.171 e. The summed E-state index contributed by atoms with van der Waals surface area (Å²) in [5, 5.41) is 7.51. The van der Waals surface area contributed by atoms with Crippen molar-refractivity contribution < 1.29 is 0 Å². The molecule has 0 bridgehead atoms. The molecular weight excluding hydrogens is 235 g/mol. The molecular formula is C9H20Cl2N4. The van der Waals surface area contributed by atoms with Gasteiger partial charge < -0.3 is 11.1 Å². The van der Waals surface area contributed by atoms with Crippen molar-refractivity contribution in [3.8, 4) is 0 Å². The van der Waals surface area contributed by atoms with E-state index in [-0.39, 0.29) is 24.8 Å². The molecule has 1 aromatic heterocycles. The highest BCUT2D eigenvalue weighted by Crippen LogP contribution is 2.17. The van der Waals surface area contributed by atoms with Crippen molar-refractivity contribution in [2.45, 2.75) is 33.2 Å². The molecule has 0 saturated heterocycles. The minimum absolute atomic E-state index is 0. The zero-order valence-electron chi connectivity index (χ0n) is 9.36. The second-order valence-corrected chi connectivity index (χ2v) is 3.43. The summed E-state index contributed by atoms with van der Waals surface area (Å²) in [7, 11) is 0. The van der Waals surface area contributed by atoms with E-state index in [9.17, 15) is 0 Å². The van der Waals surface area contributed by atoms with Gasteiger partial charge in [-0.1, -0.05) is 6.92 Å². The highest BCUT2D eigenvalue weighted by atomic mass is 35.5. The number of nitrogens with one attached hydrogen (secondary N) is 1. The van der Waals surface area contributed by atoms with Gasteiger partial charge in [-0.2, -0.15) is 5.10 Å². The molecule has 0 amide bonds. The monoisotopic (exact) mass is 254 g/mol. The van der Waals surface area contributed by atoms with Gasteiger partial charge in [0.15, 0.2) is 5.82 Å². The first kappa shape index (κ1) is 16.8. The summed E-state index contributed by atoms with van der Waals surface area (Å²) in [6.07, 6.45) is 2.94. The lowest BCUT2D eigenvalue weighted by atomic mass is 10.4. The second kappa shape index (κ2) is 7.65. The summed E-state index contributed by atoms with van der Waals surface area (Å²) in [6.45, 7) is 7.19. The summed E-state index contributed by atoms with van der Waals surface area (Å²) in [6, 6.07) is 0.361. The lowest BCUT2D eigenvalue weighted by molar-refractivity contribution is 0.534. The van der Waals surface area contributed by atoms with Crippen molar-refractivity contribution in [2.24, 2.45) is 0 Å². The van der Waals surface area contributed by atoms with Gasteiger partial charge in [0.1, 0.15) is 0 Å². The molecule has 0 aromatic carbocycles. The molecule has 0 fully saturated rings. The lowest BCUT2D eigenvalue weighted by Crippen LogP contribution is -2.04. The average molecular weight is 255 g/mol. The van der Waals surface area contributed by atoms with Gasteiger partial charge in [0.25, 0.3) is 0 Å². The maximum absolute atomic E-state index is 5.77. The van der Waals surface area contributed by atoms with Gasteiger partial charge in [0.2, 0.25) is 0 Å². The van der Waals surface area contributed by atoms with E-state index in [4.69, 9.17) is 5.73 Å². The number of nitrogen functional groups attached to an aromatic ring is 1. The first-order valence-corrected chi connectivity index (χ1v) is 4.73. The molecule has 0 unspecified atom stereocenters. The second-order valence-electron chi connectivity index (χ2n) is 3.43. The van der Waals surface area contributed by atoms with E-state index in [2.05, 4.69) is 31.2 Å². The van der Waals surface area contributed by atoms with Crippen molar-refractivity contribution in [1.29, 1.82) is 0 Å². The van der Waals surface area contributed by atoms with Crippen LogP contribution in [0.2, 0.25) is 0 Å². The molecule has 0 aliphatic rings. The number of hydrogen-bond acceptors (Lipinski definition) is 3. The van der Waals surface area contributed by atoms with Crippen LogP contribution in [0.3, 0.4) is 0 Å². The lowest BCUT2D eigenvalue weighted by Gasteiger charge is -2.03. The number of nitrogens with zero attached hydrogens (tertiary/aromatic N) is 2. The summed E-state index contributed by atoms with van der Waals surface area (Å²) >= 11 is 0. The van der Waals surface area contributed by atoms with Gasteiger partial charge >= 0.3 is 0 Å². The third-order valence-electron chi connectivity index (χ3n) is 1.83. The zero-order valence-corrected chi connectivity index (χ0v) is 11.0. The predicted octanol–water partition coefficient (Wildman–Crippen LogP) is 2.71. The Labute approximate surface area is 103 Å². The number of halogens is 2. The molecule has 4 nitrogen and oxygen atoms in total. The van der Waals surface area contributed by atoms with E-state index in [1.54, 1.807) is 0 Å². The molecule has 0 spiro atoms. The maximum Gasteiger partial charge on any atom is 0.171 e. The van der Waals surface area contributed by atoms with Crippen molar-refractivity contribution in [3.63, 3.8) is 0 Å². The Balaban J connectivity index is 0. The summed E-state index contributed by atoms with van der Waals surface area (Å²) in [5.74, 6) is 0.801. The van der Waals surface area contributed by atoms with E-state index in [0.717, 1.165) is 24.5 Å². The number of hydrogen-bond donors (Lipinski definition) is 2. The van der Waals surface area contributed by atoms with Crippen LogP contribution in [-0.2, 0) is 0 Å². The quantitative estimate of drug-likeness (QED) is 0.869. The van der Waals surface area contributed by atoms with Crippen LogP contribution in [0.4, 0.5) is 11.5 Å². The maximum atomic E-state index is 5.77. The first-order chi connectivity index (χ1) is 6.15. The highest BCUT2D eigenvalue weighted by Gasteiger charge is 2.06. The minimum atomic E-state index is 0. The summed E-state index contributed by atoms with van der Waals surface area (Å²) in [4.78, 5) is 0. The molecule has 15 heavy (non-hydrogen) atoms. The highest BCUT2D eigenvalue weighted by molar-refractivity contribution is 5.85. The van der Waals surface area contributed by atoms with Crippen LogP contribution in [0.25, 0.3) is 0 Å². The van der Waals surface area contributed by atoms with E-state index < -0.39 is 0 Å². The molecule has 0 aliphatic carbocycles. The molecule has 0 aliphatic heterocycles.